The van der Waals surface area contributed by atoms with Crippen molar-refractivity contribution in [2.45, 2.75) is 18.9 Å². The number of carbonyl (C=O) groups is 1. The van der Waals surface area contributed by atoms with Crippen molar-refractivity contribution in [2.24, 2.45) is 0 Å². The molecule has 2 N–H and O–H groups in total. The number of benzene rings is 2. The van der Waals surface area contributed by atoms with E-state index < -0.39 is 0 Å². The first-order chi connectivity index (χ1) is 13.1. The number of hydrogen-bond donors (Lipinski definition) is 2. The SMILES string of the molecule is COc1cc(OC)cc(C(=O)NC2Cc3[nH]c4ccc(OC)cc4c3C2)c1. The van der Waals surface area contributed by atoms with Crippen molar-refractivity contribution in [3.05, 3.63) is 53.2 Å². The maximum atomic E-state index is 12.7. The van der Waals surface area contributed by atoms with Crippen LogP contribution in [-0.4, -0.2) is 38.3 Å². The van der Waals surface area contributed by atoms with Crippen LogP contribution in [0.1, 0.15) is 21.6 Å². The van der Waals surface area contributed by atoms with Crippen LogP contribution in [0.25, 0.3) is 10.9 Å². The van der Waals surface area contributed by atoms with Gasteiger partial charge in [0.15, 0.2) is 0 Å². The van der Waals surface area contributed by atoms with Crippen molar-refractivity contribution in [1.82, 2.24) is 10.3 Å². The fourth-order valence-electron chi connectivity index (χ4n) is 3.69. The van der Waals surface area contributed by atoms with Gasteiger partial charge in [-0.2, -0.15) is 0 Å². The third-order valence-corrected chi connectivity index (χ3v) is 5.05. The third kappa shape index (κ3) is 3.18. The molecule has 0 spiro atoms. The number of aromatic amines is 1. The summed E-state index contributed by atoms with van der Waals surface area (Å²) in [5.41, 5.74) is 4.04. The van der Waals surface area contributed by atoms with Crippen molar-refractivity contribution >= 4 is 16.8 Å². The second-order valence-electron chi connectivity index (χ2n) is 6.67. The average Bonchev–Trinajstić information content (AvgIpc) is 3.24. The van der Waals surface area contributed by atoms with E-state index in [-0.39, 0.29) is 11.9 Å². The fourth-order valence-corrected chi connectivity index (χ4v) is 3.69. The number of hydrogen-bond acceptors (Lipinski definition) is 4. The molecule has 1 aromatic heterocycles. The molecule has 1 atom stereocenters. The summed E-state index contributed by atoms with van der Waals surface area (Å²) < 4.78 is 15.8. The van der Waals surface area contributed by atoms with E-state index in [0.29, 0.717) is 17.1 Å². The van der Waals surface area contributed by atoms with Gasteiger partial charge < -0.3 is 24.5 Å². The molecule has 0 saturated heterocycles. The summed E-state index contributed by atoms with van der Waals surface area (Å²) in [5, 5.41) is 4.28. The largest absolute Gasteiger partial charge is 0.497 e. The summed E-state index contributed by atoms with van der Waals surface area (Å²) in [6, 6.07) is 11.2. The topological polar surface area (TPSA) is 72.6 Å². The Kier molecular flexibility index (Phi) is 4.39. The summed E-state index contributed by atoms with van der Waals surface area (Å²) in [7, 11) is 4.80. The molecule has 2 aromatic carbocycles. The second kappa shape index (κ2) is 6.87. The number of H-pyrrole nitrogens is 1. The summed E-state index contributed by atoms with van der Waals surface area (Å²) in [6.07, 6.45) is 1.56. The summed E-state index contributed by atoms with van der Waals surface area (Å²) in [6.45, 7) is 0. The molecule has 0 saturated carbocycles. The van der Waals surface area contributed by atoms with Gasteiger partial charge in [-0.25, -0.2) is 0 Å². The minimum absolute atomic E-state index is 0.0477. The predicted molar refractivity (Wildman–Crippen MR) is 103 cm³/mol. The van der Waals surface area contributed by atoms with Gasteiger partial charge in [0.1, 0.15) is 17.2 Å². The van der Waals surface area contributed by atoms with Crippen molar-refractivity contribution in [3.8, 4) is 17.2 Å². The lowest BCUT2D eigenvalue weighted by Crippen LogP contribution is -2.35. The number of nitrogens with one attached hydrogen (secondary N) is 2. The van der Waals surface area contributed by atoms with Crippen LogP contribution in [0.15, 0.2) is 36.4 Å². The molecular formula is C21H22N2O4. The van der Waals surface area contributed by atoms with Gasteiger partial charge >= 0.3 is 0 Å². The number of aromatic nitrogens is 1. The first-order valence-electron chi connectivity index (χ1n) is 8.82. The first kappa shape index (κ1) is 17.3. The molecular weight excluding hydrogens is 344 g/mol. The Morgan fingerprint density at radius 3 is 2.33 bits per heavy atom. The zero-order valence-corrected chi connectivity index (χ0v) is 15.6. The van der Waals surface area contributed by atoms with Crippen LogP contribution in [0.4, 0.5) is 0 Å². The molecule has 1 aliphatic carbocycles. The highest BCUT2D eigenvalue weighted by atomic mass is 16.5. The summed E-state index contributed by atoms with van der Waals surface area (Å²) in [5.74, 6) is 1.88. The Labute approximate surface area is 157 Å². The highest BCUT2D eigenvalue weighted by Crippen LogP contribution is 2.32. The van der Waals surface area contributed by atoms with Gasteiger partial charge in [0.25, 0.3) is 5.91 Å². The van der Waals surface area contributed by atoms with Gasteiger partial charge in [-0.15, -0.1) is 0 Å². The zero-order valence-electron chi connectivity index (χ0n) is 15.6. The van der Waals surface area contributed by atoms with Crippen molar-refractivity contribution in [2.75, 3.05) is 21.3 Å². The lowest BCUT2D eigenvalue weighted by molar-refractivity contribution is 0.0938. The second-order valence-corrected chi connectivity index (χ2v) is 6.67. The molecule has 3 aromatic rings. The van der Waals surface area contributed by atoms with Gasteiger partial charge in [-0.1, -0.05) is 0 Å². The van der Waals surface area contributed by atoms with Crippen molar-refractivity contribution in [3.63, 3.8) is 0 Å². The molecule has 0 fully saturated rings. The van der Waals surface area contributed by atoms with Crippen LogP contribution in [0.3, 0.4) is 0 Å². The van der Waals surface area contributed by atoms with Crippen LogP contribution >= 0.6 is 0 Å². The van der Waals surface area contributed by atoms with Crippen LogP contribution in [0, 0.1) is 0 Å². The molecule has 6 heteroatoms. The molecule has 1 heterocycles. The molecule has 4 rings (SSSR count). The first-order valence-corrected chi connectivity index (χ1v) is 8.82. The van der Waals surface area contributed by atoms with E-state index >= 15 is 0 Å². The number of methoxy groups -OCH3 is 3. The van der Waals surface area contributed by atoms with Crippen LogP contribution in [0.5, 0.6) is 17.2 Å². The van der Waals surface area contributed by atoms with E-state index in [0.717, 1.165) is 29.5 Å². The van der Waals surface area contributed by atoms with Crippen LogP contribution in [-0.2, 0) is 12.8 Å². The Morgan fingerprint density at radius 1 is 0.963 bits per heavy atom. The summed E-state index contributed by atoms with van der Waals surface area (Å²) >= 11 is 0. The van der Waals surface area contributed by atoms with Crippen LogP contribution < -0.4 is 19.5 Å². The third-order valence-electron chi connectivity index (χ3n) is 5.05. The maximum Gasteiger partial charge on any atom is 0.251 e. The Morgan fingerprint density at radius 2 is 1.67 bits per heavy atom. The van der Waals surface area contributed by atoms with Crippen LogP contribution in [0.2, 0.25) is 0 Å². The zero-order chi connectivity index (χ0) is 19.0. The Balaban J connectivity index is 1.53. The molecule has 0 radical (unpaired) electrons. The number of amides is 1. The molecule has 0 bridgehead atoms. The van der Waals surface area contributed by atoms with E-state index in [1.165, 1.54) is 11.3 Å². The molecule has 1 aliphatic rings. The number of fused-ring (bicyclic) bond motifs is 3. The minimum Gasteiger partial charge on any atom is -0.497 e. The van der Waals surface area contributed by atoms with Gasteiger partial charge in [0, 0.05) is 40.7 Å². The standard InChI is InChI=1S/C21H22N2O4/c1-25-14-4-5-19-18(11-14)17-8-13(9-20(17)23-19)22-21(24)12-6-15(26-2)10-16(7-12)27-3/h4-7,10-11,13,23H,8-9H2,1-3H3,(H,22,24). The van der Waals surface area contributed by atoms with E-state index in [1.807, 2.05) is 18.2 Å². The Hall–Kier alpha value is -3.15. The highest BCUT2D eigenvalue weighted by molar-refractivity contribution is 5.95. The number of ether oxygens (including phenoxy) is 3. The van der Waals surface area contributed by atoms with E-state index in [4.69, 9.17) is 14.2 Å². The smallest absolute Gasteiger partial charge is 0.251 e. The predicted octanol–water partition coefficient (Wildman–Crippen LogP) is 3.09. The normalized spacial score (nSPS) is 15.4. The van der Waals surface area contributed by atoms with Crippen molar-refractivity contribution in [1.29, 1.82) is 0 Å². The molecule has 1 unspecified atom stereocenters. The lowest BCUT2D eigenvalue weighted by Gasteiger charge is -2.14. The van der Waals surface area contributed by atoms with Gasteiger partial charge in [0.05, 0.1) is 21.3 Å². The summed E-state index contributed by atoms with van der Waals surface area (Å²) in [4.78, 5) is 16.2. The highest BCUT2D eigenvalue weighted by Gasteiger charge is 2.27. The van der Waals surface area contributed by atoms with E-state index in [1.54, 1.807) is 39.5 Å². The number of carbonyl (C=O) groups excluding carboxylic acids is 1. The molecule has 140 valence electrons. The monoisotopic (exact) mass is 366 g/mol. The molecule has 1 amide bonds. The average molecular weight is 366 g/mol. The molecule has 0 aliphatic heterocycles. The molecule has 27 heavy (non-hydrogen) atoms. The van der Waals surface area contributed by atoms with Gasteiger partial charge in [-0.3, -0.25) is 4.79 Å². The Bertz CT molecular complexity index is 987. The quantitative estimate of drug-likeness (QED) is 0.728. The van der Waals surface area contributed by atoms with Gasteiger partial charge in [-0.05, 0) is 42.3 Å². The lowest BCUT2D eigenvalue weighted by atomic mass is 10.1. The molecule has 6 nitrogen and oxygen atoms in total. The fraction of sp³-hybridized carbons (Fsp3) is 0.286. The van der Waals surface area contributed by atoms with E-state index in [9.17, 15) is 4.79 Å². The van der Waals surface area contributed by atoms with E-state index in [2.05, 4.69) is 10.3 Å². The maximum absolute atomic E-state index is 12.7. The van der Waals surface area contributed by atoms with Crippen molar-refractivity contribution < 1.29 is 19.0 Å². The minimum atomic E-state index is -0.135. The van der Waals surface area contributed by atoms with Gasteiger partial charge in [0.2, 0.25) is 0 Å². The number of rotatable bonds is 5.